The van der Waals surface area contributed by atoms with Gasteiger partial charge in [0.15, 0.2) is 0 Å². The number of anilines is 2. The molecule has 0 radical (unpaired) electrons. The molecule has 2 rings (SSSR count). The van der Waals surface area contributed by atoms with Crippen LogP contribution in [0.1, 0.15) is 0 Å². The van der Waals surface area contributed by atoms with E-state index in [1.807, 2.05) is 0 Å². The van der Waals surface area contributed by atoms with E-state index in [9.17, 15) is 8.42 Å². The third-order valence-corrected chi connectivity index (χ3v) is 3.87. The van der Waals surface area contributed by atoms with Crippen molar-refractivity contribution >= 4 is 21.5 Å². The zero-order chi connectivity index (χ0) is 12.5. The Morgan fingerprint density at radius 2 is 1.41 bits per heavy atom. The maximum Gasteiger partial charge on any atom is 0.219 e. The highest BCUT2D eigenvalue weighted by Gasteiger charge is 2.18. The lowest BCUT2D eigenvalue weighted by Crippen LogP contribution is -2.04. The molecule has 1 aromatic carbocycles. The van der Waals surface area contributed by atoms with Crippen molar-refractivity contribution < 1.29 is 8.42 Å². The van der Waals surface area contributed by atoms with Gasteiger partial charge in [-0.15, -0.1) is 0 Å². The number of nitrogens with two attached hydrogens (primary N) is 2. The van der Waals surface area contributed by atoms with E-state index >= 15 is 0 Å². The number of hydrogen-bond donors (Lipinski definition) is 2. The van der Waals surface area contributed by atoms with Crippen LogP contribution in [0.2, 0.25) is 0 Å². The molecule has 17 heavy (non-hydrogen) atoms. The molecule has 2 aromatic rings. The van der Waals surface area contributed by atoms with E-state index in [1.165, 1.54) is 36.7 Å². The first-order chi connectivity index (χ1) is 8.00. The van der Waals surface area contributed by atoms with Crippen molar-refractivity contribution in [3.63, 3.8) is 0 Å². The highest BCUT2D eigenvalue weighted by Crippen LogP contribution is 2.20. The van der Waals surface area contributed by atoms with Gasteiger partial charge in [-0.05, 0) is 24.3 Å². The summed E-state index contributed by atoms with van der Waals surface area (Å²) in [5.41, 5.74) is 11.3. The molecule has 7 heteroatoms. The third-order valence-electron chi connectivity index (χ3n) is 2.15. The average molecular weight is 250 g/mol. The Balaban J connectivity index is 2.50. The second-order valence-electron chi connectivity index (χ2n) is 3.35. The summed E-state index contributed by atoms with van der Waals surface area (Å²) < 4.78 is 24.2. The molecule has 0 saturated heterocycles. The number of rotatable bonds is 2. The maximum absolute atomic E-state index is 12.1. The molecule has 0 spiro atoms. The fraction of sp³-hybridized carbons (Fsp3) is 0. The molecule has 0 aliphatic heterocycles. The van der Waals surface area contributed by atoms with Crippen LogP contribution >= 0.6 is 0 Å². The Morgan fingerprint density at radius 3 is 1.94 bits per heavy atom. The normalized spacial score (nSPS) is 11.3. The lowest BCUT2D eigenvalue weighted by molar-refractivity contribution is 0.595. The minimum atomic E-state index is -3.61. The summed E-state index contributed by atoms with van der Waals surface area (Å²) in [6.45, 7) is 0. The van der Waals surface area contributed by atoms with E-state index in [-0.39, 0.29) is 15.7 Å². The smallest absolute Gasteiger partial charge is 0.219 e. The predicted octanol–water partition coefficient (Wildman–Crippen LogP) is 0.474. The van der Waals surface area contributed by atoms with E-state index in [1.54, 1.807) is 0 Å². The van der Waals surface area contributed by atoms with Gasteiger partial charge >= 0.3 is 0 Å². The van der Waals surface area contributed by atoms with Crippen LogP contribution in [0.15, 0.2) is 46.5 Å². The van der Waals surface area contributed by atoms with Crippen molar-refractivity contribution in [2.24, 2.45) is 0 Å². The number of benzene rings is 1. The standard InChI is InChI=1S/C10H10N4O2S/c11-7-1-3-8(4-2-7)17(15,16)9-5-13-10(12)14-6-9/h1-6H,11H2,(H2,12,13,14). The number of aromatic nitrogens is 2. The van der Waals surface area contributed by atoms with Crippen molar-refractivity contribution in [3.8, 4) is 0 Å². The second kappa shape index (κ2) is 4.02. The first-order valence-electron chi connectivity index (χ1n) is 4.68. The lowest BCUT2D eigenvalue weighted by atomic mass is 10.3. The van der Waals surface area contributed by atoms with Crippen molar-refractivity contribution in [1.82, 2.24) is 9.97 Å². The van der Waals surface area contributed by atoms with Crippen molar-refractivity contribution in [3.05, 3.63) is 36.7 Å². The molecule has 6 nitrogen and oxygen atoms in total. The van der Waals surface area contributed by atoms with E-state index in [4.69, 9.17) is 11.5 Å². The molecule has 1 aromatic heterocycles. The van der Waals surface area contributed by atoms with Gasteiger partial charge in [-0.2, -0.15) is 0 Å². The molecule has 0 unspecified atom stereocenters. The van der Waals surface area contributed by atoms with Crippen LogP contribution in [-0.4, -0.2) is 18.4 Å². The van der Waals surface area contributed by atoms with Gasteiger partial charge in [0, 0.05) is 5.69 Å². The van der Waals surface area contributed by atoms with E-state index < -0.39 is 9.84 Å². The topological polar surface area (TPSA) is 112 Å². The summed E-state index contributed by atoms with van der Waals surface area (Å²) in [6, 6.07) is 5.90. The highest BCUT2D eigenvalue weighted by atomic mass is 32.2. The predicted molar refractivity (Wildman–Crippen MR) is 62.8 cm³/mol. The molecule has 0 bridgehead atoms. The quantitative estimate of drug-likeness (QED) is 0.749. The van der Waals surface area contributed by atoms with Gasteiger partial charge < -0.3 is 11.5 Å². The average Bonchev–Trinajstić information content (AvgIpc) is 2.30. The third kappa shape index (κ3) is 2.18. The molecule has 0 fully saturated rings. The SMILES string of the molecule is Nc1ccc(S(=O)(=O)c2cnc(N)nc2)cc1. The number of nitrogen functional groups attached to an aromatic ring is 2. The van der Waals surface area contributed by atoms with Crippen LogP contribution in [0.25, 0.3) is 0 Å². The Morgan fingerprint density at radius 1 is 0.882 bits per heavy atom. The lowest BCUT2D eigenvalue weighted by Gasteiger charge is -2.04. The van der Waals surface area contributed by atoms with E-state index in [0.717, 1.165) is 0 Å². The van der Waals surface area contributed by atoms with Crippen LogP contribution < -0.4 is 11.5 Å². The molecule has 0 amide bonds. The summed E-state index contributed by atoms with van der Waals surface area (Å²) in [4.78, 5) is 7.44. The van der Waals surface area contributed by atoms with E-state index in [0.29, 0.717) is 5.69 Å². The van der Waals surface area contributed by atoms with E-state index in [2.05, 4.69) is 9.97 Å². The van der Waals surface area contributed by atoms with Crippen molar-refractivity contribution in [1.29, 1.82) is 0 Å². The summed E-state index contributed by atoms with van der Waals surface area (Å²) in [6.07, 6.45) is 2.35. The first kappa shape index (κ1) is 11.3. The summed E-state index contributed by atoms with van der Waals surface area (Å²) in [7, 11) is -3.61. The van der Waals surface area contributed by atoms with Crippen molar-refractivity contribution in [2.45, 2.75) is 9.79 Å². The number of nitrogens with zero attached hydrogens (tertiary/aromatic N) is 2. The second-order valence-corrected chi connectivity index (χ2v) is 5.30. The fourth-order valence-electron chi connectivity index (χ4n) is 1.25. The Bertz CT molecular complexity index is 569. The summed E-state index contributed by atoms with van der Waals surface area (Å²) in [5.74, 6) is 0.0289. The van der Waals surface area contributed by atoms with Crippen LogP contribution in [0.5, 0.6) is 0 Å². The molecule has 0 atom stereocenters. The Labute approximate surface area is 98.2 Å². The number of hydrogen-bond acceptors (Lipinski definition) is 6. The summed E-state index contributed by atoms with van der Waals surface area (Å²) in [5, 5.41) is 0. The highest BCUT2D eigenvalue weighted by molar-refractivity contribution is 7.91. The molecular formula is C10H10N4O2S. The monoisotopic (exact) mass is 250 g/mol. The van der Waals surface area contributed by atoms with Crippen molar-refractivity contribution in [2.75, 3.05) is 11.5 Å². The maximum atomic E-state index is 12.1. The zero-order valence-corrected chi connectivity index (χ0v) is 9.55. The number of sulfone groups is 1. The van der Waals surface area contributed by atoms with Crippen LogP contribution in [0.4, 0.5) is 11.6 Å². The first-order valence-corrected chi connectivity index (χ1v) is 6.16. The Kier molecular flexibility index (Phi) is 2.68. The van der Waals surface area contributed by atoms with Crippen LogP contribution in [0, 0.1) is 0 Å². The largest absolute Gasteiger partial charge is 0.399 e. The molecule has 0 aliphatic rings. The molecular weight excluding hydrogens is 240 g/mol. The van der Waals surface area contributed by atoms with Gasteiger partial charge in [-0.3, -0.25) is 0 Å². The van der Waals surface area contributed by atoms with Gasteiger partial charge in [0.1, 0.15) is 4.90 Å². The fourth-order valence-corrected chi connectivity index (χ4v) is 2.40. The molecule has 1 heterocycles. The molecule has 4 N–H and O–H groups in total. The summed E-state index contributed by atoms with van der Waals surface area (Å²) >= 11 is 0. The van der Waals surface area contributed by atoms with Gasteiger partial charge in [0.2, 0.25) is 15.8 Å². The van der Waals surface area contributed by atoms with Gasteiger partial charge in [0.25, 0.3) is 0 Å². The molecule has 0 aliphatic carbocycles. The van der Waals surface area contributed by atoms with Gasteiger partial charge in [0.05, 0.1) is 17.3 Å². The molecule has 0 saturated carbocycles. The minimum absolute atomic E-state index is 0.00327. The van der Waals surface area contributed by atoms with Crippen LogP contribution in [-0.2, 0) is 9.84 Å². The minimum Gasteiger partial charge on any atom is -0.399 e. The van der Waals surface area contributed by atoms with Gasteiger partial charge in [-0.1, -0.05) is 0 Å². The molecule has 88 valence electrons. The zero-order valence-electron chi connectivity index (χ0n) is 8.74. The van der Waals surface area contributed by atoms with Gasteiger partial charge in [-0.25, -0.2) is 18.4 Å². The van der Waals surface area contributed by atoms with Crippen LogP contribution in [0.3, 0.4) is 0 Å². The Hall–Kier alpha value is -2.15.